The standard InChI is InChI=1S/C12H14O/c1-3-5-10-7-8-12(13)11(9-10)6-4-2/h3-9,13H,1-2H3. The first kappa shape index (κ1) is 9.59. The van der Waals surface area contributed by atoms with E-state index in [4.69, 9.17) is 0 Å². The summed E-state index contributed by atoms with van der Waals surface area (Å²) in [4.78, 5) is 0. The predicted molar refractivity (Wildman–Crippen MR) is 57.5 cm³/mol. The van der Waals surface area contributed by atoms with Gasteiger partial charge < -0.3 is 5.11 Å². The third-order valence-corrected chi connectivity index (χ3v) is 1.76. The smallest absolute Gasteiger partial charge is 0.122 e. The van der Waals surface area contributed by atoms with E-state index in [0.717, 1.165) is 11.1 Å². The van der Waals surface area contributed by atoms with Gasteiger partial charge in [0.25, 0.3) is 0 Å². The van der Waals surface area contributed by atoms with E-state index in [1.807, 2.05) is 50.3 Å². The molecule has 0 saturated heterocycles. The summed E-state index contributed by atoms with van der Waals surface area (Å²) in [5, 5.41) is 9.46. The highest BCUT2D eigenvalue weighted by Crippen LogP contribution is 2.20. The molecule has 0 heterocycles. The van der Waals surface area contributed by atoms with Crippen molar-refractivity contribution < 1.29 is 5.11 Å². The van der Waals surface area contributed by atoms with Crippen molar-refractivity contribution in [2.24, 2.45) is 0 Å². The van der Waals surface area contributed by atoms with Gasteiger partial charge in [-0.2, -0.15) is 0 Å². The Kier molecular flexibility index (Phi) is 3.32. The van der Waals surface area contributed by atoms with Gasteiger partial charge in [-0.15, -0.1) is 0 Å². The lowest BCUT2D eigenvalue weighted by Gasteiger charge is -2.00. The van der Waals surface area contributed by atoms with Crippen LogP contribution in [0.3, 0.4) is 0 Å². The number of allylic oxidation sites excluding steroid dienone is 2. The van der Waals surface area contributed by atoms with Crippen molar-refractivity contribution in [2.75, 3.05) is 0 Å². The molecule has 0 amide bonds. The first-order valence-electron chi connectivity index (χ1n) is 4.36. The summed E-state index contributed by atoms with van der Waals surface area (Å²) in [6.45, 7) is 3.91. The van der Waals surface area contributed by atoms with E-state index in [1.54, 1.807) is 6.07 Å². The monoisotopic (exact) mass is 174 g/mol. The lowest BCUT2D eigenvalue weighted by Crippen LogP contribution is -1.77. The number of benzene rings is 1. The number of hydrogen-bond donors (Lipinski definition) is 1. The molecule has 68 valence electrons. The highest BCUT2D eigenvalue weighted by molar-refractivity contribution is 5.62. The molecule has 0 spiro atoms. The minimum Gasteiger partial charge on any atom is -0.507 e. The first-order valence-corrected chi connectivity index (χ1v) is 4.36. The van der Waals surface area contributed by atoms with Crippen LogP contribution in [-0.4, -0.2) is 5.11 Å². The van der Waals surface area contributed by atoms with Gasteiger partial charge >= 0.3 is 0 Å². The zero-order chi connectivity index (χ0) is 9.68. The molecule has 0 aromatic heterocycles. The normalized spacial score (nSPS) is 11.5. The molecule has 0 aliphatic heterocycles. The number of phenols is 1. The molecule has 1 aromatic rings. The minimum absolute atomic E-state index is 0.325. The molecule has 1 heteroatoms. The Morgan fingerprint density at radius 1 is 1.08 bits per heavy atom. The number of hydrogen-bond acceptors (Lipinski definition) is 1. The van der Waals surface area contributed by atoms with E-state index in [-0.39, 0.29) is 0 Å². The summed E-state index contributed by atoms with van der Waals surface area (Å²) in [5.41, 5.74) is 1.96. The van der Waals surface area contributed by atoms with E-state index >= 15 is 0 Å². The Morgan fingerprint density at radius 3 is 2.38 bits per heavy atom. The molecule has 0 unspecified atom stereocenters. The third-order valence-electron chi connectivity index (χ3n) is 1.76. The highest BCUT2D eigenvalue weighted by atomic mass is 16.3. The summed E-state index contributed by atoms with van der Waals surface area (Å²) in [7, 11) is 0. The van der Waals surface area contributed by atoms with Crippen molar-refractivity contribution >= 4 is 12.2 Å². The van der Waals surface area contributed by atoms with Crippen molar-refractivity contribution in [3.05, 3.63) is 41.5 Å². The third kappa shape index (κ3) is 2.48. The van der Waals surface area contributed by atoms with Crippen LogP contribution in [0.4, 0.5) is 0 Å². The van der Waals surface area contributed by atoms with Crippen LogP contribution in [0.5, 0.6) is 5.75 Å². The fourth-order valence-corrected chi connectivity index (χ4v) is 1.18. The van der Waals surface area contributed by atoms with Gasteiger partial charge in [0.1, 0.15) is 5.75 Å². The Hall–Kier alpha value is -1.50. The summed E-state index contributed by atoms with van der Waals surface area (Å²) < 4.78 is 0. The van der Waals surface area contributed by atoms with Crippen molar-refractivity contribution in [1.82, 2.24) is 0 Å². The second-order valence-electron chi connectivity index (χ2n) is 2.82. The molecule has 0 radical (unpaired) electrons. The Bertz CT molecular complexity index is 335. The maximum absolute atomic E-state index is 9.46. The van der Waals surface area contributed by atoms with Crippen LogP contribution in [0.1, 0.15) is 25.0 Å². The molecular weight excluding hydrogens is 160 g/mol. The van der Waals surface area contributed by atoms with Crippen LogP contribution >= 0.6 is 0 Å². The van der Waals surface area contributed by atoms with Gasteiger partial charge in [-0.25, -0.2) is 0 Å². The van der Waals surface area contributed by atoms with Crippen LogP contribution in [0.25, 0.3) is 12.2 Å². The maximum Gasteiger partial charge on any atom is 0.122 e. The zero-order valence-corrected chi connectivity index (χ0v) is 7.99. The average Bonchev–Trinajstić information content (AvgIpc) is 2.12. The van der Waals surface area contributed by atoms with Crippen molar-refractivity contribution in [2.45, 2.75) is 13.8 Å². The van der Waals surface area contributed by atoms with Crippen LogP contribution in [-0.2, 0) is 0 Å². The van der Waals surface area contributed by atoms with Crippen molar-refractivity contribution in [3.8, 4) is 5.75 Å². The average molecular weight is 174 g/mol. The largest absolute Gasteiger partial charge is 0.507 e. The minimum atomic E-state index is 0.325. The number of rotatable bonds is 2. The first-order chi connectivity index (χ1) is 6.27. The molecule has 0 atom stereocenters. The van der Waals surface area contributed by atoms with Gasteiger partial charge in [0.15, 0.2) is 0 Å². The molecule has 13 heavy (non-hydrogen) atoms. The highest BCUT2D eigenvalue weighted by Gasteiger charge is 1.96. The van der Waals surface area contributed by atoms with Gasteiger partial charge in [-0.1, -0.05) is 30.4 Å². The van der Waals surface area contributed by atoms with E-state index in [0.29, 0.717) is 5.75 Å². The van der Waals surface area contributed by atoms with Crippen LogP contribution in [0.2, 0.25) is 0 Å². The second kappa shape index (κ2) is 4.51. The molecule has 1 rings (SSSR count). The van der Waals surface area contributed by atoms with Gasteiger partial charge in [-0.3, -0.25) is 0 Å². The van der Waals surface area contributed by atoms with Gasteiger partial charge in [0, 0.05) is 5.56 Å². The van der Waals surface area contributed by atoms with Gasteiger partial charge in [0.2, 0.25) is 0 Å². The van der Waals surface area contributed by atoms with Crippen LogP contribution in [0, 0.1) is 0 Å². The van der Waals surface area contributed by atoms with E-state index < -0.39 is 0 Å². The fourth-order valence-electron chi connectivity index (χ4n) is 1.18. The summed E-state index contributed by atoms with van der Waals surface area (Å²) >= 11 is 0. The molecular formula is C12H14O. The van der Waals surface area contributed by atoms with Crippen molar-refractivity contribution in [3.63, 3.8) is 0 Å². The van der Waals surface area contributed by atoms with Crippen molar-refractivity contribution in [1.29, 1.82) is 0 Å². The molecule has 1 nitrogen and oxygen atoms in total. The van der Waals surface area contributed by atoms with Crippen LogP contribution < -0.4 is 0 Å². The Balaban J connectivity index is 3.10. The molecule has 1 aromatic carbocycles. The lowest BCUT2D eigenvalue weighted by molar-refractivity contribution is 0.474. The lowest BCUT2D eigenvalue weighted by atomic mass is 10.1. The fraction of sp³-hybridized carbons (Fsp3) is 0.167. The number of phenolic OH excluding ortho intramolecular Hbond substituents is 1. The molecule has 0 aliphatic rings. The van der Waals surface area contributed by atoms with E-state index in [2.05, 4.69) is 0 Å². The van der Waals surface area contributed by atoms with E-state index in [9.17, 15) is 5.11 Å². The quantitative estimate of drug-likeness (QED) is 0.728. The molecule has 0 saturated carbocycles. The maximum atomic E-state index is 9.46. The van der Waals surface area contributed by atoms with E-state index in [1.165, 1.54) is 0 Å². The predicted octanol–water partition coefficient (Wildman–Crippen LogP) is 3.46. The molecule has 0 fully saturated rings. The zero-order valence-electron chi connectivity index (χ0n) is 7.99. The SMILES string of the molecule is CC=Cc1ccc(O)c(C=CC)c1. The second-order valence-corrected chi connectivity index (χ2v) is 2.82. The molecule has 0 aliphatic carbocycles. The summed E-state index contributed by atoms with van der Waals surface area (Å²) in [6, 6.07) is 5.56. The summed E-state index contributed by atoms with van der Waals surface area (Å²) in [6.07, 6.45) is 7.79. The molecule has 0 bridgehead atoms. The Labute approximate surface area is 79.0 Å². The van der Waals surface area contributed by atoms with Gasteiger partial charge in [-0.05, 0) is 31.5 Å². The van der Waals surface area contributed by atoms with Crippen LogP contribution in [0.15, 0.2) is 30.4 Å². The molecule has 1 N–H and O–H groups in total. The topological polar surface area (TPSA) is 20.2 Å². The number of aromatic hydroxyl groups is 1. The summed E-state index contributed by atoms with van der Waals surface area (Å²) in [5.74, 6) is 0.325. The van der Waals surface area contributed by atoms with Gasteiger partial charge in [0.05, 0.1) is 0 Å². The Morgan fingerprint density at radius 2 is 1.77 bits per heavy atom.